The van der Waals surface area contributed by atoms with Gasteiger partial charge in [0.25, 0.3) is 0 Å². The molecule has 0 aliphatic carbocycles. The molecule has 0 saturated heterocycles. The summed E-state index contributed by atoms with van der Waals surface area (Å²) in [4.78, 5) is 4.44. The van der Waals surface area contributed by atoms with Crippen molar-refractivity contribution in [3.05, 3.63) is 54.1 Å². The summed E-state index contributed by atoms with van der Waals surface area (Å²) in [7, 11) is 0. The maximum atomic E-state index is 6.45. The first-order chi connectivity index (χ1) is 9.11. The van der Waals surface area contributed by atoms with E-state index in [1.165, 1.54) is 5.56 Å². The van der Waals surface area contributed by atoms with Crippen molar-refractivity contribution in [2.75, 3.05) is 0 Å². The van der Waals surface area contributed by atoms with Crippen LogP contribution in [0.15, 0.2) is 42.7 Å². The van der Waals surface area contributed by atoms with Gasteiger partial charge in [-0.15, -0.1) is 0 Å². The van der Waals surface area contributed by atoms with Crippen LogP contribution in [0.2, 0.25) is 0 Å². The highest BCUT2D eigenvalue weighted by atomic mass is 15.1. The first kappa shape index (κ1) is 13.8. The lowest BCUT2D eigenvalue weighted by Crippen LogP contribution is -2.41. The molecule has 19 heavy (non-hydrogen) atoms. The molecule has 0 aliphatic rings. The molecule has 1 aromatic carbocycles. The summed E-state index contributed by atoms with van der Waals surface area (Å²) in [6.07, 6.45) is 6.69. The summed E-state index contributed by atoms with van der Waals surface area (Å²) >= 11 is 0. The Hall–Kier alpha value is -1.61. The normalized spacial score (nSPS) is 14.3. The Morgan fingerprint density at radius 2 is 1.95 bits per heavy atom. The van der Waals surface area contributed by atoms with Gasteiger partial charge in [-0.2, -0.15) is 0 Å². The van der Waals surface area contributed by atoms with E-state index in [-0.39, 0.29) is 5.54 Å². The fraction of sp³-hybridized carbons (Fsp3) is 0.438. The lowest BCUT2D eigenvalue weighted by atomic mass is 9.90. The highest BCUT2D eigenvalue weighted by molar-refractivity contribution is 5.18. The van der Waals surface area contributed by atoms with Gasteiger partial charge in [-0.3, -0.25) is 0 Å². The van der Waals surface area contributed by atoms with E-state index in [9.17, 15) is 0 Å². The van der Waals surface area contributed by atoms with Gasteiger partial charge in [-0.1, -0.05) is 37.3 Å². The molecule has 0 radical (unpaired) electrons. The highest BCUT2D eigenvalue weighted by Gasteiger charge is 2.22. The molecule has 0 bridgehead atoms. The Labute approximate surface area is 115 Å². The number of rotatable bonds is 6. The number of nitrogens with zero attached hydrogens (tertiary/aromatic N) is 2. The van der Waals surface area contributed by atoms with Crippen LogP contribution in [-0.2, 0) is 19.4 Å². The van der Waals surface area contributed by atoms with E-state index >= 15 is 0 Å². The second kappa shape index (κ2) is 6.02. The van der Waals surface area contributed by atoms with E-state index in [1.807, 2.05) is 18.5 Å². The smallest absolute Gasteiger partial charge is 0.110 e. The maximum Gasteiger partial charge on any atom is 0.110 e. The third-order valence-electron chi connectivity index (χ3n) is 3.28. The first-order valence-electron chi connectivity index (χ1n) is 6.93. The molecular formula is C16H23N3. The van der Waals surface area contributed by atoms with Gasteiger partial charge in [0.05, 0.1) is 0 Å². The summed E-state index contributed by atoms with van der Waals surface area (Å²) < 4.78 is 2.20. The number of hydrogen-bond donors (Lipinski definition) is 1. The summed E-state index contributed by atoms with van der Waals surface area (Å²) in [6.45, 7) is 5.29. The van der Waals surface area contributed by atoms with Gasteiger partial charge < -0.3 is 10.3 Å². The van der Waals surface area contributed by atoms with Gasteiger partial charge in [-0.05, 0) is 25.3 Å². The van der Waals surface area contributed by atoms with Crippen molar-refractivity contribution in [2.45, 2.75) is 45.2 Å². The van der Waals surface area contributed by atoms with Crippen LogP contribution in [0.1, 0.15) is 31.7 Å². The number of aryl methyl sites for hydroxylation is 1. The predicted octanol–water partition coefficient (Wildman–Crippen LogP) is 2.80. The van der Waals surface area contributed by atoms with Crippen molar-refractivity contribution in [2.24, 2.45) is 5.73 Å². The molecule has 0 amide bonds. The minimum atomic E-state index is -0.266. The largest absolute Gasteiger partial charge is 0.335 e. The zero-order valence-corrected chi connectivity index (χ0v) is 11.8. The Bertz CT molecular complexity index is 500. The zero-order chi connectivity index (χ0) is 13.7. The van der Waals surface area contributed by atoms with Crippen molar-refractivity contribution in [3.8, 4) is 0 Å². The molecule has 2 aromatic rings. The van der Waals surface area contributed by atoms with E-state index in [4.69, 9.17) is 5.73 Å². The van der Waals surface area contributed by atoms with E-state index in [0.717, 1.165) is 31.6 Å². The maximum absolute atomic E-state index is 6.45. The number of imidazole rings is 1. The Morgan fingerprint density at radius 1 is 1.21 bits per heavy atom. The first-order valence-corrected chi connectivity index (χ1v) is 6.93. The third-order valence-corrected chi connectivity index (χ3v) is 3.28. The van der Waals surface area contributed by atoms with E-state index in [0.29, 0.717) is 0 Å². The van der Waals surface area contributed by atoms with Gasteiger partial charge in [0.2, 0.25) is 0 Å². The monoisotopic (exact) mass is 257 g/mol. The van der Waals surface area contributed by atoms with Crippen LogP contribution in [0.5, 0.6) is 0 Å². The van der Waals surface area contributed by atoms with Crippen LogP contribution >= 0.6 is 0 Å². The number of aromatic nitrogens is 2. The number of hydrogen-bond acceptors (Lipinski definition) is 2. The fourth-order valence-corrected chi connectivity index (χ4v) is 2.44. The summed E-state index contributed by atoms with van der Waals surface area (Å²) in [5, 5.41) is 0. The van der Waals surface area contributed by atoms with Crippen molar-refractivity contribution in [1.82, 2.24) is 9.55 Å². The highest BCUT2D eigenvalue weighted by Crippen LogP contribution is 2.16. The Balaban J connectivity index is 2.06. The molecule has 1 heterocycles. The fourth-order valence-electron chi connectivity index (χ4n) is 2.44. The predicted molar refractivity (Wildman–Crippen MR) is 79.0 cm³/mol. The Morgan fingerprint density at radius 3 is 2.63 bits per heavy atom. The lowest BCUT2D eigenvalue weighted by molar-refractivity contribution is 0.439. The molecule has 2 N–H and O–H groups in total. The zero-order valence-electron chi connectivity index (χ0n) is 11.8. The molecule has 2 rings (SSSR count). The van der Waals surface area contributed by atoms with Crippen molar-refractivity contribution >= 4 is 0 Å². The van der Waals surface area contributed by atoms with Crippen LogP contribution < -0.4 is 5.73 Å². The molecule has 0 spiro atoms. The second-order valence-corrected chi connectivity index (χ2v) is 5.53. The van der Waals surface area contributed by atoms with Gasteiger partial charge in [-0.25, -0.2) is 4.98 Å². The van der Waals surface area contributed by atoms with Crippen molar-refractivity contribution in [1.29, 1.82) is 0 Å². The topological polar surface area (TPSA) is 43.8 Å². The van der Waals surface area contributed by atoms with Gasteiger partial charge in [0.15, 0.2) is 0 Å². The average molecular weight is 257 g/mol. The van der Waals surface area contributed by atoms with Crippen LogP contribution in [0.25, 0.3) is 0 Å². The molecule has 0 saturated carbocycles. The summed E-state index contributed by atoms with van der Waals surface area (Å²) in [5.41, 5.74) is 7.46. The number of nitrogens with two attached hydrogens (primary N) is 1. The standard InChI is InChI=1S/C16H23N3/c1-3-10-19-11-9-18-15(19)13-16(2,17)12-14-7-5-4-6-8-14/h4-9,11H,3,10,12-13,17H2,1-2H3. The average Bonchev–Trinajstić information content (AvgIpc) is 2.77. The summed E-state index contributed by atoms with van der Waals surface area (Å²) in [5.74, 6) is 1.09. The molecule has 1 aromatic heterocycles. The molecular weight excluding hydrogens is 234 g/mol. The van der Waals surface area contributed by atoms with E-state index < -0.39 is 0 Å². The van der Waals surface area contributed by atoms with Crippen LogP contribution in [0.4, 0.5) is 0 Å². The molecule has 0 aliphatic heterocycles. The van der Waals surface area contributed by atoms with Gasteiger partial charge in [0, 0.05) is 30.9 Å². The molecule has 1 unspecified atom stereocenters. The minimum Gasteiger partial charge on any atom is -0.335 e. The molecule has 3 nitrogen and oxygen atoms in total. The van der Waals surface area contributed by atoms with E-state index in [2.05, 4.69) is 47.7 Å². The molecule has 0 fully saturated rings. The van der Waals surface area contributed by atoms with Crippen molar-refractivity contribution < 1.29 is 0 Å². The van der Waals surface area contributed by atoms with Gasteiger partial charge >= 0.3 is 0 Å². The SMILES string of the molecule is CCCn1ccnc1CC(C)(N)Cc1ccccc1. The minimum absolute atomic E-state index is 0.266. The molecule has 3 heteroatoms. The van der Waals surface area contributed by atoms with Crippen LogP contribution in [0.3, 0.4) is 0 Å². The molecule has 102 valence electrons. The Kier molecular flexibility index (Phi) is 4.38. The van der Waals surface area contributed by atoms with Crippen molar-refractivity contribution in [3.63, 3.8) is 0 Å². The number of benzene rings is 1. The second-order valence-electron chi connectivity index (χ2n) is 5.53. The lowest BCUT2D eigenvalue weighted by Gasteiger charge is -2.25. The van der Waals surface area contributed by atoms with Gasteiger partial charge in [0.1, 0.15) is 5.82 Å². The third kappa shape index (κ3) is 3.93. The van der Waals surface area contributed by atoms with E-state index in [1.54, 1.807) is 0 Å². The van der Waals surface area contributed by atoms with Crippen LogP contribution in [-0.4, -0.2) is 15.1 Å². The summed E-state index contributed by atoms with van der Waals surface area (Å²) in [6, 6.07) is 10.4. The molecule has 1 atom stereocenters. The quantitative estimate of drug-likeness (QED) is 0.864. The van der Waals surface area contributed by atoms with Crippen LogP contribution in [0, 0.1) is 0 Å².